The van der Waals surface area contributed by atoms with Crippen LogP contribution in [0, 0.1) is 0 Å². The Hall–Kier alpha value is -1.59. The van der Waals surface area contributed by atoms with Crippen molar-refractivity contribution < 1.29 is 9.53 Å². The highest BCUT2D eigenvalue weighted by molar-refractivity contribution is 5.92. The Kier molecular flexibility index (Phi) is 6.32. The highest BCUT2D eigenvalue weighted by atomic mass is 16.5. The van der Waals surface area contributed by atoms with Gasteiger partial charge in [0.1, 0.15) is 5.75 Å². The quantitative estimate of drug-likeness (QED) is 0.780. The third kappa shape index (κ3) is 5.28. The van der Waals surface area contributed by atoms with Gasteiger partial charge in [0.15, 0.2) is 0 Å². The smallest absolute Gasteiger partial charge is 0.225 e. The summed E-state index contributed by atoms with van der Waals surface area (Å²) in [6.45, 7) is 1.48. The maximum atomic E-state index is 11.8. The number of anilines is 1. The average molecular weight is 265 g/mol. The summed E-state index contributed by atoms with van der Waals surface area (Å²) in [6, 6.07) is 5.84. The van der Waals surface area contributed by atoms with E-state index in [2.05, 4.69) is 15.5 Å². The van der Waals surface area contributed by atoms with Crippen LogP contribution in [0.5, 0.6) is 5.75 Å². The molecule has 5 heteroatoms. The number of ether oxygens (including phenoxy) is 1. The number of carbonyl (C=O) groups excluding carboxylic acids is 1. The lowest BCUT2D eigenvalue weighted by molar-refractivity contribution is -0.116. The highest BCUT2D eigenvalue weighted by Gasteiger charge is 2.08. The standard InChI is InChI=1S/C14H23N3O2/c1-15-8-7-14(18)16-12-9-11(10-17(2)3)5-6-13(12)19-4/h5-6,9,15H,7-8,10H2,1-4H3,(H,16,18). The zero-order valence-electron chi connectivity index (χ0n) is 12.1. The predicted octanol–water partition coefficient (Wildman–Crippen LogP) is 1.30. The van der Waals surface area contributed by atoms with Gasteiger partial charge >= 0.3 is 0 Å². The molecule has 0 fully saturated rings. The topological polar surface area (TPSA) is 53.6 Å². The molecular weight excluding hydrogens is 242 g/mol. The van der Waals surface area contributed by atoms with E-state index in [-0.39, 0.29) is 5.91 Å². The van der Waals surface area contributed by atoms with Gasteiger partial charge in [0.25, 0.3) is 0 Å². The van der Waals surface area contributed by atoms with Gasteiger partial charge in [-0.1, -0.05) is 6.07 Å². The molecule has 0 aliphatic rings. The largest absolute Gasteiger partial charge is 0.495 e. The monoisotopic (exact) mass is 265 g/mol. The lowest BCUT2D eigenvalue weighted by Crippen LogP contribution is -2.19. The molecule has 1 amide bonds. The van der Waals surface area contributed by atoms with Crippen LogP contribution in [0.15, 0.2) is 18.2 Å². The van der Waals surface area contributed by atoms with Gasteiger partial charge in [-0.15, -0.1) is 0 Å². The Balaban J connectivity index is 2.80. The van der Waals surface area contributed by atoms with Gasteiger partial charge in [-0.05, 0) is 38.8 Å². The molecule has 0 aliphatic carbocycles. The number of rotatable bonds is 7. The molecule has 1 aromatic carbocycles. The van der Waals surface area contributed by atoms with Gasteiger partial charge in [-0.2, -0.15) is 0 Å². The van der Waals surface area contributed by atoms with E-state index in [1.54, 1.807) is 7.11 Å². The molecule has 5 nitrogen and oxygen atoms in total. The van der Waals surface area contributed by atoms with Crippen LogP contribution in [-0.4, -0.2) is 45.6 Å². The van der Waals surface area contributed by atoms with Crippen molar-refractivity contribution in [1.29, 1.82) is 0 Å². The number of amides is 1. The minimum absolute atomic E-state index is 0.0188. The fourth-order valence-electron chi connectivity index (χ4n) is 1.77. The predicted molar refractivity (Wildman–Crippen MR) is 77.6 cm³/mol. The van der Waals surface area contributed by atoms with Gasteiger partial charge in [0.2, 0.25) is 5.91 Å². The van der Waals surface area contributed by atoms with Crippen LogP contribution in [-0.2, 0) is 11.3 Å². The molecular formula is C14H23N3O2. The molecule has 1 aromatic rings. The van der Waals surface area contributed by atoms with Gasteiger partial charge in [-0.3, -0.25) is 4.79 Å². The van der Waals surface area contributed by atoms with Crippen LogP contribution < -0.4 is 15.4 Å². The number of nitrogens with zero attached hydrogens (tertiary/aromatic N) is 1. The SMILES string of the molecule is CNCCC(=O)Nc1cc(CN(C)C)ccc1OC. The maximum Gasteiger partial charge on any atom is 0.225 e. The Labute approximate surface area is 114 Å². The Morgan fingerprint density at radius 2 is 2.11 bits per heavy atom. The van der Waals surface area contributed by atoms with Crippen LogP contribution in [0.3, 0.4) is 0 Å². The molecule has 0 saturated carbocycles. The van der Waals surface area contributed by atoms with Crippen LogP contribution in [0.1, 0.15) is 12.0 Å². The first kappa shape index (κ1) is 15.5. The van der Waals surface area contributed by atoms with Crippen molar-refractivity contribution >= 4 is 11.6 Å². The molecule has 2 N–H and O–H groups in total. The summed E-state index contributed by atoms with van der Waals surface area (Å²) in [6.07, 6.45) is 0.442. The first-order chi connectivity index (χ1) is 9.06. The van der Waals surface area contributed by atoms with E-state index in [1.165, 1.54) is 0 Å². The zero-order valence-corrected chi connectivity index (χ0v) is 12.1. The third-order valence-corrected chi connectivity index (χ3v) is 2.64. The molecule has 106 valence electrons. The molecule has 0 unspecified atom stereocenters. The Morgan fingerprint density at radius 1 is 1.37 bits per heavy atom. The number of hydrogen-bond acceptors (Lipinski definition) is 4. The van der Waals surface area contributed by atoms with Crippen LogP contribution >= 0.6 is 0 Å². The van der Waals surface area contributed by atoms with E-state index in [0.717, 1.165) is 17.8 Å². The summed E-state index contributed by atoms with van der Waals surface area (Å²) in [5.74, 6) is 0.662. The van der Waals surface area contributed by atoms with E-state index in [0.29, 0.717) is 18.7 Å². The van der Waals surface area contributed by atoms with Gasteiger partial charge in [0, 0.05) is 19.5 Å². The number of nitrogens with one attached hydrogen (secondary N) is 2. The normalized spacial score (nSPS) is 10.6. The fourth-order valence-corrected chi connectivity index (χ4v) is 1.77. The third-order valence-electron chi connectivity index (χ3n) is 2.64. The van der Waals surface area contributed by atoms with Crippen molar-refractivity contribution in [3.8, 4) is 5.75 Å². The van der Waals surface area contributed by atoms with Crippen molar-refractivity contribution in [2.75, 3.05) is 40.1 Å². The summed E-state index contributed by atoms with van der Waals surface area (Å²) in [4.78, 5) is 13.8. The number of methoxy groups -OCH3 is 1. The van der Waals surface area contributed by atoms with Gasteiger partial charge < -0.3 is 20.3 Å². The van der Waals surface area contributed by atoms with E-state index in [1.807, 2.05) is 39.3 Å². The summed E-state index contributed by atoms with van der Waals surface area (Å²) in [5.41, 5.74) is 1.86. The van der Waals surface area contributed by atoms with E-state index in [9.17, 15) is 4.79 Å². The van der Waals surface area contributed by atoms with Crippen LogP contribution in [0.2, 0.25) is 0 Å². The molecule has 0 bridgehead atoms. The highest BCUT2D eigenvalue weighted by Crippen LogP contribution is 2.26. The molecule has 0 atom stereocenters. The molecule has 19 heavy (non-hydrogen) atoms. The zero-order chi connectivity index (χ0) is 14.3. The number of benzene rings is 1. The van der Waals surface area contributed by atoms with Crippen molar-refractivity contribution in [2.45, 2.75) is 13.0 Å². The van der Waals surface area contributed by atoms with Gasteiger partial charge in [0.05, 0.1) is 12.8 Å². The van der Waals surface area contributed by atoms with Crippen LogP contribution in [0.4, 0.5) is 5.69 Å². The molecule has 0 heterocycles. The minimum atomic E-state index is -0.0188. The maximum absolute atomic E-state index is 11.8. The lowest BCUT2D eigenvalue weighted by atomic mass is 10.1. The molecule has 0 radical (unpaired) electrons. The first-order valence-corrected chi connectivity index (χ1v) is 6.33. The number of hydrogen-bond donors (Lipinski definition) is 2. The Bertz CT molecular complexity index is 419. The van der Waals surface area contributed by atoms with Crippen molar-refractivity contribution in [3.63, 3.8) is 0 Å². The van der Waals surface area contributed by atoms with Crippen molar-refractivity contribution in [1.82, 2.24) is 10.2 Å². The van der Waals surface area contributed by atoms with Gasteiger partial charge in [-0.25, -0.2) is 0 Å². The summed E-state index contributed by atoms with van der Waals surface area (Å²) in [5, 5.41) is 5.84. The van der Waals surface area contributed by atoms with E-state index < -0.39 is 0 Å². The molecule has 0 aromatic heterocycles. The molecule has 0 aliphatic heterocycles. The van der Waals surface area contributed by atoms with Crippen molar-refractivity contribution in [3.05, 3.63) is 23.8 Å². The summed E-state index contributed by atoms with van der Waals surface area (Å²) >= 11 is 0. The first-order valence-electron chi connectivity index (χ1n) is 6.33. The molecule has 0 saturated heterocycles. The minimum Gasteiger partial charge on any atom is -0.495 e. The van der Waals surface area contributed by atoms with Crippen molar-refractivity contribution in [2.24, 2.45) is 0 Å². The lowest BCUT2D eigenvalue weighted by Gasteiger charge is -2.14. The fraction of sp³-hybridized carbons (Fsp3) is 0.500. The average Bonchev–Trinajstić information content (AvgIpc) is 2.36. The molecule has 0 spiro atoms. The summed E-state index contributed by atoms with van der Waals surface area (Å²) in [7, 11) is 7.45. The second kappa shape index (κ2) is 7.76. The Morgan fingerprint density at radius 3 is 2.68 bits per heavy atom. The second-order valence-corrected chi connectivity index (χ2v) is 4.67. The second-order valence-electron chi connectivity index (χ2n) is 4.67. The molecule has 1 rings (SSSR count). The summed E-state index contributed by atoms with van der Waals surface area (Å²) < 4.78 is 5.27. The van der Waals surface area contributed by atoms with Crippen LogP contribution in [0.25, 0.3) is 0 Å². The number of carbonyl (C=O) groups is 1. The van der Waals surface area contributed by atoms with E-state index in [4.69, 9.17) is 4.74 Å². The van der Waals surface area contributed by atoms with E-state index >= 15 is 0 Å².